The average Bonchev–Trinajstić information content (AvgIpc) is 2.70. The van der Waals surface area contributed by atoms with Crippen LogP contribution in [0.4, 0.5) is 0 Å². The van der Waals surface area contributed by atoms with Gasteiger partial charge in [0.15, 0.2) is 0 Å². The molecule has 6 heteroatoms. The summed E-state index contributed by atoms with van der Waals surface area (Å²) in [5.41, 5.74) is 1.42. The van der Waals surface area contributed by atoms with Crippen LogP contribution in [0.3, 0.4) is 0 Å². The number of rotatable bonds is 7. The second-order valence-electron chi connectivity index (χ2n) is 6.57. The van der Waals surface area contributed by atoms with Crippen LogP contribution in [-0.4, -0.2) is 19.2 Å². The second-order valence-corrected chi connectivity index (χ2v) is 6.57. The lowest BCUT2D eigenvalue weighted by molar-refractivity contribution is 0.0526. The largest absolute Gasteiger partial charge is 0.489 e. The molecule has 1 heterocycles. The summed E-state index contributed by atoms with van der Waals surface area (Å²) in [7, 11) is 0. The number of carbonyl (C=O) groups excluding carboxylic acids is 1. The predicted molar refractivity (Wildman–Crippen MR) is 110 cm³/mol. The quantitative estimate of drug-likeness (QED) is 0.413. The number of carbonyl (C=O) groups is 1. The van der Waals surface area contributed by atoms with Crippen molar-refractivity contribution in [2.45, 2.75) is 20.8 Å². The lowest BCUT2D eigenvalue weighted by Crippen LogP contribution is -2.08. The molecule has 29 heavy (non-hydrogen) atoms. The van der Waals surface area contributed by atoms with Crippen LogP contribution in [0.1, 0.15) is 30.0 Å². The zero-order chi connectivity index (χ0) is 21.0. The number of aryl methyl sites for hydroxylation is 1. The van der Waals surface area contributed by atoms with Crippen LogP contribution in [0.15, 0.2) is 63.8 Å². The van der Waals surface area contributed by atoms with Crippen molar-refractivity contribution in [3.63, 3.8) is 0 Å². The molecule has 0 N–H and O–H groups in total. The van der Waals surface area contributed by atoms with Crippen molar-refractivity contribution in [1.29, 1.82) is 0 Å². The van der Waals surface area contributed by atoms with Crippen LogP contribution in [0, 0.1) is 6.92 Å². The first kappa shape index (κ1) is 20.2. The van der Waals surface area contributed by atoms with Crippen molar-refractivity contribution in [1.82, 2.24) is 0 Å². The highest BCUT2D eigenvalue weighted by atomic mass is 16.5. The lowest BCUT2D eigenvalue weighted by Gasteiger charge is -2.10. The number of benzene rings is 2. The molecule has 0 bridgehead atoms. The highest BCUT2D eigenvalue weighted by Gasteiger charge is 2.15. The maximum atomic E-state index is 12.9. The van der Waals surface area contributed by atoms with Crippen LogP contribution in [0.25, 0.3) is 11.0 Å². The molecule has 0 aliphatic carbocycles. The maximum absolute atomic E-state index is 12.9. The minimum absolute atomic E-state index is 0.0944. The molecule has 2 aromatic carbocycles. The molecule has 0 saturated heterocycles. The molecule has 3 rings (SSSR count). The fourth-order valence-corrected chi connectivity index (χ4v) is 2.67. The van der Waals surface area contributed by atoms with Crippen molar-refractivity contribution in [2.75, 3.05) is 13.2 Å². The third-order valence-electron chi connectivity index (χ3n) is 4.06. The normalized spacial score (nSPS) is 10.6. The van der Waals surface area contributed by atoms with E-state index in [0.717, 1.165) is 5.57 Å². The summed E-state index contributed by atoms with van der Waals surface area (Å²) in [6.07, 6.45) is 0. The highest BCUT2D eigenvalue weighted by molar-refractivity contribution is 5.89. The Morgan fingerprint density at radius 2 is 1.79 bits per heavy atom. The summed E-state index contributed by atoms with van der Waals surface area (Å²) < 4.78 is 22.1. The van der Waals surface area contributed by atoms with E-state index in [1.54, 1.807) is 56.3 Å². The summed E-state index contributed by atoms with van der Waals surface area (Å²) in [6, 6.07) is 11.4. The van der Waals surface area contributed by atoms with E-state index < -0.39 is 5.97 Å². The van der Waals surface area contributed by atoms with E-state index in [1.165, 1.54) is 0 Å². The van der Waals surface area contributed by atoms with Crippen LogP contribution < -0.4 is 14.9 Å². The van der Waals surface area contributed by atoms with Gasteiger partial charge in [-0.25, -0.2) is 4.79 Å². The van der Waals surface area contributed by atoms with E-state index >= 15 is 0 Å². The number of hydrogen-bond donors (Lipinski definition) is 0. The fraction of sp³-hybridized carbons (Fsp3) is 0.217. The predicted octanol–water partition coefficient (Wildman–Crippen LogP) is 5.03. The van der Waals surface area contributed by atoms with E-state index in [0.29, 0.717) is 47.0 Å². The van der Waals surface area contributed by atoms with E-state index in [1.807, 2.05) is 6.92 Å². The molecule has 0 fully saturated rings. The Hall–Kier alpha value is -3.54. The molecule has 0 radical (unpaired) electrons. The van der Waals surface area contributed by atoms with Crippen molar-refractivity contribution in [2.24, 2.45) is 0 Å². The molecular weight excluding hydrogens is 372 g/mol. The number of esters is 1. The molecule has 3 aromatic rings. The van der Waals surface area contributed by atoms with Gasteiger partial charge in [-0.1, -0.05) is 6.58 Å². The first-order valence-corrected chi connectivity index (χ1v) is 9.18. The first-order valence-electron chi connectivity index (χ1n) is 9.18. The molecule has 0 amide bonds. The van der Waals surface area contributed by atoms with E-state index in [9.17, 15) is 9.59 Å². The molecular formula is C23H22O6. The molecule has 0 atom stereocenters. The van der Waals surface area contributed by atoms with Crippen molar-refractivity contribution in [3.05, 3.63) is 76.2 Å². The third-order valence-corrected chi connectivity index (χ3v) is 4.06. The summed E-state index contributed by atoms with van der Waals surface area (Å²) in [5, 5.41) is 0.386. The fourth-order valence-electron chi connectivity index (χ4n) is 2.67. The number of ether oxygens (including phenoxy) is 3. The molecule has 6 nitrogen and oxygen atoms in total. The minimum Gasteiger partial charge on any atom is -0.489 e. The molecule has 0 aliphatic rings. The zero-order valence-electron chi connectivity index (χ0n) is 16.6. The van der Waals surface area contributed by atoms with Crippen molar-refractivity contribution < 1.29 is 23.4 Å². The van der Waals surface area contributed by atoms with Gasteiger partial charge in [-0.15, -0.1) is 0 Å². The number of fused-ring (bicyclic) bond motifs is 1. The van der Waals surface area contributed by atoms with Gasteiger partial charge in [-0.05, 0) is 62.7 Å². The van der Waals surface area contributed by atoms with Gasteiger partial charge in [0.05, 0.1) is 17.6 Å². The Morgan fingerprint density at radius 3 is 2.45 bits per heavy atom. The van der Waals surface area contributed by atoms with Gasteiger partial charge in [0.25, 0.3) is 0 Å². The monoisotopic (exact) mass is 394 g/mol. The van der Waals surface area contributed by atoms with Gasteiger partial charge < -0.3 is 18.6 Å². The Morgan fingerprint density at radius 1 is 1.10 bits per heavy atom. The third kappa shape index (κ3) is 4.66. The SMILES string of the molecule is C=C(C)COc1ccc2c(=O)c(Oc3ccc(C(=O)OCC)cc3)c(C)oc2c1. The second kappa shape index (κ2) is 8.65. The van der Waals surface area contributed by atoms with Gasteiger partial charge in [0.2, 0.25) is 11.2 Å². The Bertz CT molecular complexity index is 1110. The molecule has 0 aliphatic heterocycles. The molecule has 1 aromatic heterocycles. The standard InChI is InChI=1S/C23H22O6/c1-5-26-23(25)16-6-8-17(9-7-16)29-22-15(4)28-20-12-18(27-13-14(2)3)10-11-19(20)21(22)24/h6-12H,2,5,13H2,1,3-4H3. The van der Waals surface area contributed by atoms with Gasteiger partial charge in [-0.3, -0.25) is 4.79 Å². The van der Waals surface area contributed by atoms with Crippen LogP contribution in [0.2, 0.25) is 0 Å². The van der Waals surface area contributed by atoms with Crippen LogP contribution in [0.5, 0.6) is 17.2 Å². The average molecular weight is 394 g/mol. The molecule has 0 saturated carbocycles. The van der Waals surface area contributed by atoms with Gasteiger partial charge in [0, 0.05) is 6.07 Å². The maximum Gasteiger partial charge on any atom is 0.338 e. The molecule has 0 unspecified atom stereocenters. The Balaban J connectivity index is 1.88. The number of hydrogen-bond acceptors (Lipinski definition) is 6. The topological polar surface area (TPSA) is 75.0 Å². The Labute approximate surface area is 168 Å². The Kier molecular flexibility index (Phi) is 6.02. The highest BCUT2D eigenvalue weighted by Crippen LogP contribution is 2.27. The van der Waals surface area contributed by atoms with E-state index in [-0.39, 0.29) is 11.2 Å². The van der Waals surface area contributed by atoms with Crippen LogP contribution >= 0.6 is 0 Å². The molecule has 150 valence electrons. The molecule has 0 spiro atoms. The first-order chi connectivity index (χ1) is 13.9. The minimum atomic E-state index is -0.412. The van der Waals surface area contributed by atoms with Gasteiger partial charge >= 0.3 is 5.97 Å². The lowest BCUT2D eigenvalue weighted by atomic mass is 10.2. The summed E-state index contributed by atoms with van der Waals surface area (Å²) in [6.45, 7) is 9.75. The summed E-state index contributed by atoms with van der Waals surface area (Å²) in [4.78, 5) is 24.6. The zero-order valence-corrected chi connectivity index (χ0v) is 16.6. The van der Waals surface area contributed by atoms with Crippen molar-refractivity contribution >= 4 is 16.9 Å². The van der Waals surface area contributed by atoms with Gasteiger partial charge in [-0.2, -0.15) is 0 Å². The summed E-state index contributed by atoms with van der Waals surface area (Å²) in [5.74, 6) is 1.02. The van der Waals surface area contributed by atoms with E-state index in [2.05, 4.69) is 6.58 Å². The van der Waals surface area contributed by atoms with E-state index in [4.69, 9.17) is 18.6 Å². The van der Waals surface area contributed by atoms with Crippen molar-refractivity contribution in [3.8, 4) is 17.2 Å². The van der Waals surface area contributed by atoms with Gasteiger partial charge in [0.1, 0.15) is 29.4 Å². The van der Waals surface area contributed by atoms with Crippen LogP contribution in [-0.2, 0) is 4.74 Å². The smallest absolute Gasteiger partial charge is 0.338 e. The summed E-state index contributed by atoms with van der Waals surface area (Å²) >= 11 is 0.